The maximum atomic E-state index is 13.0. The molecule has 1 aliphatic heterocycles. The number of rotatable bonds is 3. The third-order valence-electron chi connectivity index (χ3n) is 2.34. The highest BCUT2D eigenvalue weighted by atomic mass is 19.1. The van der Waals surface area contributed by atoms with E-state index in [4.69, 9.17) is 14.0 Å². The molecule has 3 N–H and O–H groups in total. The lowest BCUT2D eigenvalue weighted by molar-refractivity contribution is -0.256. The van der Waals surface area contributed by atoms with Crippen molar-refractivity contribution in [3.05, 3.63) is 29.6 Å². The van der Waals surface area contributed by atoms with Crippen LogP contribution < -0.4 is 5.73 Å². The minimum atomic E-state index is -0.642. The fourth-order valence-electron chi connectivity index (χ4n) is 1.45. The molecule has 0 bridgehead atoms. The number of quaternary nitrogens is 1. The molecule has 1 saturated heterocycles. The van der Waals surface area contributed by atoms with Gasteiger partial charge in [-0.2, -0.15) is 0 Å². The van der Waals surface area contributed by atoms with Crippen molar-refractivity contribution in [2.24, 2.45) is 0 Å². The molecule has 0 spiro atoms. The second kappa shape index (κ2) is 5.40. The van der Waals surface area contributed by atoms with Crippen LogP contribution in [0.15, 0.2) is 18.2 Å². The molecule has 16 heavy (non-hydrogen) atoms. The van der Waals surface area contributed by atoms with E-state index in [0.29, 0.717) is 18.8 Å². The molecule has 2 rings (SSSR count). The minimum Gasteiger partial charge on any atom is -0.386 e. The highest BCUT2D eigenvalue weighted by molar-refractivity contribution is 6.36. The summed E-state index contributed by atoms with van der Waals surface area (Å²) in [4.78, 5) is 0. The molecular weight excluding hydrogens is 212 g/mol. The van der Waals surface area contributed by atoms with E-state index in [2.05, 4.69) is 5.73 Å². The van der Waals surface area contributed by atoms with Gasteiger partial charge in [-0.1, -0.05) is 0 Å². The third kappa shape index (κ3) is 3.02. The SMILES string of the molecule is [NH3+]c1ccc(F)cc1COB1OCCCO1. The first kappa shape index (κ1) is 11.5. The van der Waals surface area contributed by atoms with Crippen LogP contribution in [0, 0.1) is 5.82 Å². The van der Waals surface area contributed by atoms with Gasteiger partial charge in [0.05, 0.1) is 6.61 Å². The lowest BCUT2D eigenvalue weighted by Crippen LogP contribution is -2.42. The van der Waals surface area contributed by atoms with Crippen molar-refractivity contribution < 1.29 is 24.1 Å². The van der Waals surface area contributed by atoms with Gasteiger partial charge in [0.25, 0.3) is 0 Å². The van der Waals surface area contributed by atoms with Crippen molar-refractivity contribution in [2.45, 2.75) is 13.0 Å². The van der Waals surface area contributed by atoms with Gasteiger partial charge in [0.1, 0.15) is 11.5 Å². The Kier molecular flexibility index (Phi) is 3.90. The largest absolute Gasteiger partial charge is 0.639 e. The lowest BCUT2D eigenvalue weighted by Gasteiger charge is -2.18. The minimum absolute atomic E-state index is 0.237. The molecule has 1 fully saturated rings. The second-order valence-electron chi connectivity index (χ2n) is 3.61. The van der Waals surface area contributed by atoms with Crippen LogP contribution in [0.25, 0.3) is 0 Å². The number of benzene rings is 1. The van der Waals surface area contributed by atoms with E-state index in [9.17, 15) is 4.39 Å². The lowest BCUT2D eigenvalue weighted by atomic mass is 10.1. The van der Waals surface area contributed by atoms with Crippen molar-refractivity contribution in [1.82, 2.24) is 0 Å². The quantitative estimate of drug-likeness (QED) is 0.769. The molecule has 0 aromatic heterocycles. The molecule has 0 saturated carbocycles. The summed E-state index contributed by atoms with van der Waals surface area (Å²) in [5.74, 6) is -0.295. The number of halogens is 1. The molecule has 0 aliphatic carbocycles. The Balaban J connectivity index is 1.90. The highest BCUT2D eigenvalue weighted by Crippen LogP contribution is 2.14. The second-order valence-corrected chi connectivity index (χ2v) is 3.61. The van der Waals surface area contributed by atoms with Gasteiger partial charge in [0.2, 0.25) is 0 Å². The van der Waals surface area contributed by atoms with Crippen LogP contribution in [-0.2, 0) is 20.6 Å². The highest BCUT2D eigenvalue weighted by Gasteiger charge is 2.25. The summed E-state index contributed by atoms with van der Waals surface area (Å²) in [6, 6.07) is 4.40. The zero-order valence-corrected chi connectivity index (χ0v) is 8.95. The predicted molar refractivity (Wildman–Crippen MR) is 56.0 cm³/mol. The molecule has 0 atom stereocenters. The smallest absolute Gasteiger partial charge is 0.386 e. The van der Waals surface area contributed by atoms with E-state index in [0.717, 1.165) is 12.1 Å². The van der Waals surface area contributed by atoms with Crippen LogP contribution in [0.2, 0.25) is 0 Å². The normalized spacial score (nSPS) is 16.5. The molecular formula is C10H14BFNO3+. The summed E-state index contributed by atoms with van der Waals surface area (Å²) in [6.45, 7) is 1.50. The Morgan fingerprint density at radius 1 is 1.38 bits per heavy atom. The van der Waals surface area contributed by atoms with Crippen molar-refractivity contribution in [3.63, 3.8) is 0 Å². The summed E-state index contributed by atoms with van der Waals surface area (Å²) >= 11 is 0. The Morgan fingerprint density at radius 3 is 2.88 bits per heavy atom. The topological polar surface area (TPSA) is 55.3 Å². The molecule has 1 aromatic carbocycles. The Bertz CT molecular complexity index is 358. The average molecular weight is 226 g/mol. The van der Waals surface area contributed by atoms with Crippen LogP contribution in [0.4, 0.5) is 10.1 Å². The van der Waals surface area contributed by atoms with Crippen molar-refractivity contribution >= 4 is 13.0 Å². The van der Waals surface area contributed by atoms with Crippen molar-refractivity contribution in [1.29, 1.82) is 0 Å². The monoisotopic (exact) mass is 226 g/mol. The van der Waals surface area contributed by atoms with E-state index in [1.54, 1.807) is 6.07 Å². The average Bonchev–Trinajstić information content (AvgIpc) is 2.32. The Morgan fingerprint density at radius 2 is 2.12 bits per heavy atom. The molecule has 0 amide bonds. The van der Waals surface area contributed by atoms with Crippen LogP contribution >= 0.6 is 0 Å². The molecule has 0 unspecified atom stereocenters. The Hall–Kier alpha value is -0.945. The predicted octanol–water partition coefficient (Wildman–Crippen LogP) is 0.637. The van der Waals surface area contributed by atoms with Gasteiger partial charge in [0.15, 0.2) is 0 Å². The summed E-state index contributed by atoms with van der Waals surface area (Å²) in [5.41, 5.74) is 5.25. The maximum absolute atomic E-state index is 13.0. The molecule has 6 heteroatoms. The first-order valence-electron chi connectivity index (χ1n) is 5.21. The zero-order valence-electron chi connectivity index (χ0n) is 8.95. The Labute approximate surface area is 93.7 Å². The van der Waals surface area contributed by atoms with Gasteiger partial charge in [-0.15, -0.1) is 0 Å². The molecule has 4 nitrogen and oxygen atoms in total. The van der Waals surface area contributed by atoms with E-state index < -0.39 is 7.32 Å². The van der Waals surface area contributed by atoms with Crippen LogP contribution in [0.5, 0.6) is 0 Å². The molecule has 86 valence electrons. The van der Waals surface area contributed by atoms with Gasteiger partial charge >= 0.3 is 7.32 Å². The zero-order chi connectivity index (χ0) is 11.4. The maximum Gasteiger partial charge on any atom is 0.639 e. The number of hydrogen-bond donors (Lipinski definition) is 1. The molecule has 1 aromatic rings. The first-order chi connectivity index (χ1) is 7.75. The number of hydrogen-bond acceptors (Lipinski definition) is 3. The molecule has 1 aliphatic rings. The van der Waals surface area contributed by atoms with Gasteiger partial charge in [-0.3, -0.25) is 0 Å². The van der Waals surface area contributed by atoms with Gasteiger partial charge in [-0.05, 0) is 18.6 Å². The summed E-state index contributed by atoms with van der Waals surface area (Å²) < 4.78 is 28.7. The van der Waals surface area contributed by atoms with E-state index >= 15 is 0 Å². The van der Waals surface area contributed by atoms with Gasteiger partial charge in [-0.25, -0.2) is 4.39 Å². The third-order valence-corrected chi connectivity index (χ3v) is 2.34. The molecule has 1 heterocycles. The van der Waals surface area contributed by atoms with Crippen molar-refractivity contribution in [3.8, 4) is 0 Å². The standard InChI is InChI=1S/C10H13BFNO3/c12-9-2-3-10(13)8(6-9)7-16-11-14-4-1-5-15-11/h2-3,6H,1,4-5,7,13H2/p+1. The van der Waals surface area contributed by atoms with E-state index in [1.807, 2.05) is 0 Å². The summed E-state index contributed by atoms with van der Waals surface area (Å²) in [7, 11) is -0.642. The fraction of sp³-hybridized carbons (Fsp3) is 0.400. The van der Waals surface area contributed by atoms with Gasteiger partial charge < -0.3 is 19.7 Å². The summed E-state index contributed by atoms with van der Waals surface area (Å²) in [6.07, 6.45) is 0.875. The fourth-order valence-corrected chi connectivity index (χ4v) is 1.45. The van der Waals surface area contributed by atoms with E-state index in [-0.39, 0.29) is 12.4 Å². The van der Waals surface area contributed by atoms with Crippen LogP contribution in [-0.4, -0.2) is 20.5 Å². The van der Waals surface area contributed by atoms with Crippen molar-refractivity contribution in [2.75, 3.05) is 13.2 Å². The van der Waals surface area contributed by atoms with E-state index in [1.165, 1.54) is 12.1 Å². The van der Waals surface area contributed by atoms with Crippen LogP contribution in [0.1, 0.15) is 12.0 Å². The molecule has 0 radical (unpaired) electrons. The van der Waals surface area contributed by atoms with Gasteiger partial charge in [0, 0.05) is 24.8 Å². The van der Waals surface area contributed by atoms with Crippen LogP contribution in [0.3, 0.4) is 0 Å². The first-order valence-corrected chi connectivity index (χ1v) is 5.21. The summed E-state index contributed by atoms with van der Waals surface area (Å²) in [5, 5.41) is 0.